The minimum atomic E-state index is -3.21. The molecule has 0 saturated carbocycles. The number of anilines is 1. The fraction of sp³-hybridized carbons (Fsp3) is 0.143. The van der Waals surface area contributed by atoms with Crippen LogP contribution < -0.4 is 11.1 Å². The number of sulfone groups is 1. The Morgan fingerprint density at radius 2 is 1.90 bits per heavy atom. The Bertz CT molecular complexity index is 755. The van der Waals surface area contributed by atoms with Crippen LogP contribution in [-0.2, 0) is 16.4 Å². The number of hydrogen-bond acceptors (Lipinski definition) is 5. The lowest BCUT2D eigenvalue weighted by molar-refractivity contribution is 0.0951. The lowest BCUT2D eigenvalue weighted by Crippen LogP contribution is -2.24. The third kappa shape index (κ3) is 3.79. The van der Waals surface area contributed by atoms with E-state index in [1.807, 2.05) is 0 Å². The van der Waals surface area contributed by atoms with Crippen LogP contribution in [0.3, 0.4) is 0 Å². The SMILES string of the molecule is CS(=O)(=O)c1ccc(CNC(=O)c2cccnc2N)cc1. The molecule has 0 bridgehead atoms. The quantitative estimate of drug-likeness (QED) is 0.877. The van der Waals surface area contributed by atoms with Crippen LogP contribution in [-0.4, -0.2) is 25.6 Å². The zero-order chi connectivity index (χ0) is 15.5. The van der Waals surface area contributed by atoms with Gasteiger partial charge in [-0.1, -0.05) is 12.1 Å². The number of benzene rings is 1. The molecule has 1 amide bonds. The number of carbonyl (C=O) groups excluding carboxylic acids is 1. The van der Waals surface area contributed by atoms with Gasteiger partial charge in [0.05, 0.1) is 10.5 Å². The highest BCUT2D eigenvalue weighted by Crippen LogP contribution is 2.11. The molecule has 0 saturated heterocycles. The third-order valence-electron chi connectivity index (χ3n) is 2.89. The van der Waals surface area contributed by atoms with Gasteiger partial charge >= 0.3 is 0 Å². The molecular weight excluding hydrogens is 290 g/mol. The molecule has 2 rings (SSSR count). The monoisotopic (exact) mass is 305 g/mol. The van der Waals surface area contributed by atoms with Gasteiger partial charge in [-0.05, 0) is 29.8 Å². The maximum absolute atomic E-state index is 11.9. The van der Waals surface area contributed by atoms with Crippen LogP contribution >= 0.6 is 0 Å². The highest BCUT2D eigenvalue weighted by molar-refractivity contribution is 7.90. The number of carbonyl (C=O) groups is 1. The third-order valence-corrected chi connectivity index (χ3v) is 4.02. The number of pyridine rings is 1. The Balaban J connectivity index is 2.04. The summed E-state index contributed by atoms with van der Waals surface area (Å²) in [6.45, 7) is 0.275. The van der Waals surface area contributed by atoms with E-state index in [1.54, 1.807) is 24.3 Å². The Kier molecular flexibility index (Phi) is 4.23. The Morgan fingerprint density at radius 3 is 2.48 bits per heavy atom. The van der Waals surface area contributed by atoms with Crippen molar-refractivity contribution in [3.05, 3.63) is 53.7 Å². The molecule has 0 atom stereocenters. The van der Waals surface area contributed by atoms with Crippen LogP contribution in [0.1, 0.15) is 15.9 Å². The highest BCUT2D eigenvalue weighted by atomic mass is 32.2. The molecule has 6 nitrogen and oxygen atoms in total. The average Bonchev–Trinajstić information content (AvgIpc) is 2.45. The van der Waals surface area contributed by atoms with Gasteiger partial charge in [0, 0.05) is 19.0 Å². The lowest BCUT2D eigenvalue weighted by Gasteiger charge is -2.07. The second-order valence-corrected chi connectivity index (χ2v) is 6.55. The summed E-state index contributed by atoms with van der Waals surface area (Å²) in [5, 5.41) is 2.71. The molecule has 0 radical (unpaired) electrons. The van der Waals surface area contributed by atoms with E-state index in [0.29, 0.717) is 5.56 Å². The molecule has 21 heavy (non-hydrogen) atoms. The van der Waals surface area contributed by atoms with E-state index >= 15 is 0 Å². The average molecular weight is 305 g/mol. The summed E-state index contributed by atoms with van der Waals surface area (Å²) in [5.74, 6) is -0.157. The smallest absolute Gasteiger partial charge is 0.255 e. The predicted octanol–water partition coefficient (Wildman–Crippen LogP) is 0.997. The first-order valence-electron chi connectivity index (χ1n) is 6.15. The Labute approximate surface area is 122 Å². The summed E-state index contributed by atoms with van der Waals surface area (Å²) in [7, 11) is -3.21. The fourth-order valence-electron chi connectivity index (χ4n) is 1.74. The van der Waals surface area contributed by atoms with Crippen molar-refractivity contribution in [3.8, 4) is 0 Å². The molecule has 3 N–H and O–H groups in total. The maximum atomic E-state index is 11.9. The van der Waals surface area contributed by atoms with Gasteiger partial charge in [-0.15, -0.1) is 0 Å². The Morgan fingerprint density at radius 1 is 1.24 bits per heavy atom. The molecule has 7 heteroatoms. The van der Waals surface area contributed by atoms with Crippen LogP contribution in [0.15, 0.2) is 47.5 Å². The van der Waals surface area contributed by atoms with E-state index in [9.17, 15) is 13.2 Å². The fourth-order valence-corrected chi connectivity index (χ4v) is 2.37. The van der Waals surface area contributed by atoms with Crippen molar-refractivity contribution in [1.82, 2.24) is 10.3 Å². The molecule has 1 aromatic carbocycles. The van der Waals surface area contributed by atoms with Gasteiger partial charge in [-0.2, -0.15) is 0 Å². The van der Waals surface area contributed by atoms with E-state index in [-0.39, 0.29) is 23.2 Å². The molecule has 0 aliphatic heterocycles. The van der Waals surface area contributed by atoms with Crippen molar-refractivity contribution in [1.29, 1.82) is 0 Å². The number of hydrogen-bond donors (Lipinski definition) is 2. The van der Waals surface area contributed by atoms with Gasteiger partial charge in [0.1, 0.15) is 5.82 Å². The zero-order valence-electron chi connectivity index (χ0n) is 11.4. The van der Waals surface area contributed by atoms with E-state index in [2.05, 4.69) is 10.3 Å². The van der Waals surface area contributed by atoms with Gasteiger partial charge in [-0.25, -0.2) is 13.4 Å². The number of nitrogens with two attached hydrogens (primary N) is 1. The van der Waals surface area contributed by atoms with E-state index < -0.39 is 9.84 Å². The summed E-state index contributed by atoms with van der Waals surface area (Å²) in [6, 6.07) is 9.55. The second-order valence-electron chi connectivity index (χ2n) is 4.53. The maximum Gasteiger partial charge on any atom is 0.255 e. The topological polar surface area (TPSA) is 102 Å². The van der Waals surface area contributed by atoms with E-state index in [0.717, 1.165) is 11.8 Å². The summed E-state index contributed by atoms with van der Waals surface area (Å²) >= 11 is 0. The predicted molar refractivity (Wildman–Crippen MR) is 79.4 cm³/mol. The normalized spacial score (nSPS) is 11.1. The Hall–Kier alpha value is -2.41. The van der Waals surface area contributed by atoms with E-state index in [1.165, 1.54) is 18.3 Å². The number of nitrogens with zero attached hydrogens (tertiary/aromatic N) is 1. The highest BCUT2D eigenvalue weighted by Gasteiger charge is 2.10. The van der Waals surface area contributed by atoms with Crippen LogP contribution in [0.2, 0.25) is 0 Å². The minimum Gasteiger partial charge on any atom is -0.383 e. The molecule has 2 aromatic rings. The van der Waals surface area contributed by atoms with Crippen LogP contribution in [0, 0.1) is 0 Å². The molecule has 0 aliphatic carbocycles. The van der Waals surface area contributed by atoms with Crippen LogP contribution in [0.5, 0.6) is 0 Å². The number of amides is 1. The van der Waals surface area contributed by atoms with Crippen molar-refractivity contribution in [2.45, 2.75) is 11.4 Å². The first kappa shape index (κ1) is 15.0. The second kappa shape index (κ2) is 5.92. The van der Waals surface area contributed by atoms with Crippen LogP contribution in [0.25, 0.3) is 0 Å². The van der Waals surface area contributed by atoms with Crippen molar-refractivity contribution in [2.75, 3.05) is 12.0 Å². The number of nitrogen functional groups attached to an aromatic ring is 1. The summed E-state index contributed by atoms with van der Waals surface area (Å²) in [4.78, 5) is 16.0. The van der Waals surface area contributed by atoms with E-state index in [4.69, 9.17) is 5.73 Å². The van der Waals surface area contributed by atoms with Crippen molar-refractivity contribution >= 4 is 21.6 Å². The van der Waals surface area contributed by atoms with Gasteiger partial charge in [0.15, 0.2) is 9.84 Å². The first-order valence-corrected chi connectivity index (χ1v) is 8.05. The molecule has 0 fully saturated rings. The standard InChI is InChI=1S/C14H15N3O3S/c1-21(19,20)11-6-4-10(5-7-11)9-17-14(18)12-3-2-8-16-13(12)15/h2-8H,9H2,1H3,(H2,15,16)(H,17,18). The molecular formula is C14H15N3O3S. The van der Waals surface area contributed by atoms with Gasteiger partial charge in [0.25, 0.3) is 5.91 Å². The van der Waals surface area contributed by atoms with Crippen molar-refractivity contribution in [2.24, 2.45) is 0 Å². The largest absolute Gasteiger partial charge is 0.383 e. The molecule has 0 unspecified atom stereocenters. The van der Waals surface area contributed by atoms with Gasteiger partial charge < -0.3 is 11.1 Å². The van der Waals surface area contributed by atoms with Gasteiger partial charge in [-0.3, -0.25) is 4.79 Å². The zero-order valence-corrected chi connectivity index (χ0v) is 12.2. The molecule has 110 valence electrons. The summed E-state index contributed by atoms with van der Waals surface area (Å²) < 4.78 is 22.7. The molecule has 1 aromatic heterocycles. The van der Waals surface area contributed by atoms with Crippen LogP contribution in [0.4, 0.5) is 5.82 Å². The van der Waals surface area contributed by atoms with Crippen molar-refractivity contribution < 1.29 is 13.2 Å². The lowest BCUT2D eigenvalue weighted by atomic mass is 10.2. The summed E-state index contributed by atoms with van der Waals surface area (Å²) in [6.07, 6.45) is 2.66. The summed E-state index contributed by atoms with van der Waals surface area (Å²) in [5.41, 5.74) is 6.72. The van der Waals surface area contributed by atoms with Gasteiger partial charge in [0.2, 0.25) is 0 Å². The molecule has 1 heterocycles. The number of aromatic nitrogens is 1. The first-order chi connectivity index (χ1) is 9.88. The molecule has 0 spiro atoms. The molecule has 0 aliphatic rings. The number of rotatable bonds is 4. The van der Waals surface area contributed by atoms with Crippen molar-refractivity contribution in [3.63, 3.8) is 0 Å². The minimum absolute atomic E-state index is 0.169. The number of nitrogens with one attached hydrogen (secondary N) is 1.